The van der Waals surface area contributed by atoms with Gasteiger partial charge in [0.05, 0.1) is 11.0 Å². The first-order valence-electron chi connectivity index (χ1n) is 7.92. The van der Waals surface area contributed by atoms with Gasteiger partial charge in [-0.1, -0.05) is 6.07 Å². The molecule has 1 aliphatic carbocycles. The Bertz CT molecular complexity index is 645. The lowest BCUT2D eigenvalue weighted by atomic mass is 10.0. The zero-order valence-corrected chi connectivity index (χ0v) is 13.8. The minimum atomic E-state index is -3.48. The van der Waals surface area contributed by atoms with Gasteiger partial charge in [-0.05, 0) is 55.4 Å². The lowest BCUT2D eigenvalue weighted by molar-refractivity contribution is 0.0401. The molecule has 1 aromatic rings. The number of nitrogens with zero attached hydrogens (tertiary/aromatic N) is 1. The van der Waals surface area contributed by atoms with Crippen molar-refractivity contribution in [2.75, 3.05) is 20.2 Å². The van der Waals surface area contributed by atoms with Gasteiger partial charge in [-0.15, -0.1) is 0 Å². The molecule has 2 N–H and O–H groups in total. The number of ether oxygens (including phenoxy) is 1. The van der Waals surface area contributed by atoms with E-state index in [0.717, 1.165) is 25.7 Å². The number of benzene rings is 1. The minimum absolute atomic E-state index is 0.0972. The Kier molecular flexibility index (Phi) is 4.54. The maximum Gasteiger partial charge on any atom is 0.243 e. The van der Waals surface area contributed by atoms with Gasteiger partial charge >= 0.3 is 0 Å². The second-order valence-corrected chi connectivity index (χ2v) is 8.06. The van der Waals surface area contributed by atoms with Crippen LogP contribution in [0.4, 0.5) is 0 Å². The molecule has 2 aliphatic rings. The first kappa shape index (κ1) is 15.9. The SMILES string of the molecule is COC1CCN(S(=O)(=O)c2ccc3c(c2)CCC3)C(CN)C1. The highest BCUT2D eigenvalue weighted by Gasteiger charge is 2.36. The highest BCUT2D eigenvalue weighted by molar-refractivity contribution is 7.89. The molecule has 1 aliphatic heterocycles. The Labute approximate surface area is 132 Å². The maximum atomic E-state index is 13.0. The molecule has 0 radical (unpaired) electrons. The number of fused-ring (bicyclic) bond motifs is 1. The zero-order chi connectivity index (χ0) is 15.7. The molecule has 0 aromatic heterocycles. The number of nitrogens with two attached hydrogens (primary N) is 1. The van der Waals surface area contributed by atoms with E-state index in [-0.39, 0.29) is 12.1 Å². The van der Waals surface area contributed by atoms with Gasteiger partial charge in [-0.25, -0.2) is 8.42 Å². The number of rotatable bonds is 4. The Balaban J connectivity index is 1.89. The lowest BCUT2D eigenvalue weighted by Crippen LogP contribution is -2.51. The van der Waals surface area contributed by atoms with Crippen LogP contribution in [-0.4, -0.2) is 45.1 Å². The molecule has 1 heterocycles. The number of hydrogen-bond donors (Lipinski definition) is 1. The molecule has 2 unspecified atom stereocenters. The third kappa shape index (κ3) is 2.80. The fraction of sp³-hybridized carbons (Fsp3) is 0.625. The van der Waals surface area contributed by atoms with Gasteiger partial charge in [0, 0.05) is 26.2 Å². The summed E-state index contributed by atoms with van der Waals surface area (Å²) in [5.41, 5.74) is 8.28. The molecule has 1 saturated heterocycles. The van der Waals surface area contributed by atoms with Crippen molar-refractivity contribution in [1.29, 1.82) is 0 Å². The van der Waals surface area contributed by atoms with Crippen molar-refractivity contribution in [1.82, 2.24) is 4.31 Å². The van der Waals surface area contributed by atoms with E-state index in [1.165, 1.54) is 11.1 Å². The highest BCUT2D eigenvalue weighted by Crippen LogP contribution is 2.29. The van der Waals surface area contributed by atoms with Crippen LogP contribution in [-0.2, 0) is 27.6 Å². The van der Waals surface area contributed by atoms with Crippen LogP contribution in [0, 0.1) is 0 Å². The highest BCUT2D eigenvalue weighted by atomic mass is 32.2. The van der Waals surface area contributed by atoms with E-state index in [9.17, 15) is 8.42 Å². The van der Waals surface area contributed by atoms with Gasteiger partial charge in [0.15, 0.2) is 0 Å². The monoisotopic (exact) mass is 324 g/mol. The molecule has 0 bridgehead atoms. The topological polar surface area (TPSA) is 72.6 Å². The molecular weight excluding hydrogens is 300 g/mol. The van der Waals surface area contributed by atoms with E-state index in [0.29, 0.717) is 24.4 Å². The summed E-state index contributed by atoms with van der Waals surface area (Å²) < 4.78 is 32.9. The van der Waals surface area contributed by atoms with Crippen molar-refractivity contribution in [2.24, 2.45) is 5.73 Å². The Morgan fingerprint density at radius 2 is 2.09 bits per heavy atom. The second kappa shape index (κ2) is 6.28. The second-order valence-electron chi connectivity index (χ2n) is 6.17. The maximum absolute atomic E-state index is 13.0. The number of sulfonamides is 1. The quantitative estimate of drug-likeness (QED) is 0.906. The molecular formula is C16H24N2O3S. The van der Waals surface area contributed by atoms with Crippen molar-refractivity contribution in [3.63, 3.8) is 0 Å². The van der Waals surface area contributed by atoms with Crippen LogP contribution >= 0.6 is 0 Å². The smallest absolute Gasteiger partial charge is 0.243 e. The summed E-state index contributed by atoms with van der Waals surface area (Å²) in [5, 5.41) is 0. The van der Waals surface area contributed by atoms with Gasteiger partial charge in [0.1, 0.15) is 0 Å². The molecule has 6 heteroatoms. The van der Waals surface area contributed by atoms with Crippen LogP contribution in [0.1, 0.15) is 30.4 Å². The lowest BCUT2D eigenvalue weighted by Gasteiger charge is -2.37. The predicted octanol–water partition coefficient (Wildman–Crippen LogP) is 1.30. The summed E-state index contributed by atoms with van der Waals surface area (Å²) in [6.07, 6.45) is 4.63. The first-order valence-corrected chi connectivity index (χ1v) is 9.36. The summed E-state index contributed by atoms with van der Waals surface area (Å²) in [4.78, 5) is 0.405. The molecule has 0 spiro atoms. The summed E-state index contributed by atoms with van der Waals surface area (Å²) >= 11 is 0. The number of methoxy groups -OCH3 is 1. The van der Waals surface area contributed by atoms with Crippen LogP contribution in [0.3, 0.4) is 0 Å². The zero-order valence-electron chi connectivity index (χ0n) is 13.0. The molecule has 22 heavy (non-hydrogen) atoms. The average Bonchev–Trinajstić information content (AvgIpc) is 3.01. The number of piperidine rings is 1. The van der Waals surface area contributed by atoms with E-state index < -0.39 is 10.0 Å². The Morgan fingerprint density at radius 1 is 1.32 bits per heavy atom. The fourth-order valence-corrected chi connectivity index (χ4v) is 5.29. The molecule has 0 amide bonds. The molecule has 1 fully saturated rings. The fourth-order valence-electron chi connectivity index (χ4n) is 3.58. The van der Waals surface area contributed by atoms with Crippen LogP contribution in [0.25, 0.3) is 0 Å². The normalized spacial score (nSPS) is 26.1. The van der Waals surface area contributed by atoms with E-state index in [1.807, 2.05) is 12.1 Å². The van der Waals surface area contributed by atoms with Crippen LogP contribution in [0.5, 0.6) is 0 Å². The minimum Gasteiger partial charge on any atom is -0.381 e. The Morgan fingerprint density at radius 3 is 2.82 bits per heavy atom. The standard InChI is InChI=1S/C16H24N2O3S/c1-21-15-7-8-18(14(10-15)11-17)22(19,20)16-6-5-12-3-2-4-13(12)9-16/h5-6,9,14-15H,2-4,7-8,10-11,17H2,1H3. The molecule has 2 atom stereocenters. The third-order valence-electron chi connectivity index (χ3n) is 4.90. The van der Waals surface area contributed by atoms with Crippen LogP contribution in [0.2, 0.25) is 0 Å². The van der Waals surface area contributed by atoms with Crippen molar-refractivity contribution in [2.45, 2.75) is 49.1 Å². The third-order valence-corrected chi connectivity index (χ3v) is 6.84. The summed E-state index contributed by atoms with van der Waals surface area (Å²) in [6.45, 7) is 0.795. The largest absolute Gasteiger partial charge is 0.381 e. The number of hydrogen-bond acceptors (Lipinski definition) is 4. The summed E-state index contributed by atoms with van der Waals surface area (Å²) in [7, 11) is -1.81. The van der Waals surface area contributed by atoms with E-state index in [2.05, 4.69) is 0 Å². The summed E-state index contributed by atoms with van der Waals surface area (Å²) in [5.74, 6) is 0. The molecule has 122 valence electrons. The predicted molar refractivity (Wildman–Crippen MR) is 85.2 cm³/mol. The van der Waals surface area contributed by atoms with Gasteiger partial charge in [0.25, 0.3) is 0 Å². The van der Waals surface area contributed by atoms with Gasteiger partial charge < -0.3 is 10.5 Å². The van der Waals surface area contributed by atoms with Crippen molar-refractivity contribution >= 4 is 10.0 Å². The first-order chi connectivity index (χ1) is 10.6. The van der Waals surface area contributed by atoms with E-state index >= 15 is 0 Å². The van der Waals surface area contributed by atoms with Gasteiger partial charge in [0.2, 0.25) is 10.0 Å². The molecule has 3 rings (SSSR count). The van der Waals surface area contributed by atoms with Crippen molar-refractivity contribution < 1.29 is 13.2 Å². The molecule has 1 aromatic carbocycles. The number of aryl methyl sites for hydroxylation is 2. The summed E-state index contributed by atoms with van der Waals surface area (Å²) in [6, 6.07) is 5.38. The Hall–Kier alpha value is -0.950. The molecule has 0 saturated carbocycles. The van der Waals surface area contributed by atoms with Crippen LogP contribution < -0.4 is 5.73 Å². The van der Waals surface area contributed by atoms with Gasteiger partial charge in [-0.2, -0.15) is 4.31 Å². The van der Waals surface area contributed by atoms with Crippen LogP contribution in [0.15, 0.2) is 23.1 Å². The van der Waals surface area contributed by atoms with E-state index in [4.69, 9.17) is 10.5 Å². The molecule has 5 nitrogen and oxygen atoms in total. The average molecular weight is 324 g/mol. The van der Waals surface area contributed by atoms with E-state index in [1.54, 1.807) is 17.5 Å². The van der Waals surface area contributed by atoms with Crippen molar-refractivity contribution in [3.05, 3.63) is 29.3 Å². The van der Waals surface area contributed by atoms with Crippen molar-refractivity contribution in [3.8, 4) is 0 Å². The van der Waals surface area contributed by atoms with Gasteiger partial charge in [-0.3, -0.25) is 0 Å².